The molecule has 6 nitrogen and oxygen atoms in total. The smallest absolute Gasteiger partial charge is 0.416 e. The SMILES string of the molecule is COc1cc(NC(=O)N2CCC[C@@](O)(CO)CC2)cc(C(F)(F)F)c1. The van der Waals surface area contributed by atoms with E-state index >= 15 is 0 Å². The zero-order valence-electron chi connectivity index (χ0n) is 13.8. The average Bonchev–Trinajstić information content (AvgIpc) is 2.76. The molecule has 0 spiro atoms. The number of aliphatic hydroxyl groups excluding tert-OH is 1. The highest BCUT2D eigenvalue weighted by atomic mass is 19.4. The molecule has 0 saturated carbocycles. The molecule has 0 bridgehead atoms. The Morgan fingerprint density at radius 1 is 1.32 bits per heavy atom. The van der Waals surface area contributed by atoms with E-state index in [9.17, 15) is 28.2 Å². The number of anilines is 1. The quantitative estimate of drug-likeness (QED) is 0.772. The monoisotopic (exact) mass is 362 g/mol. The summed E-state index contributed by atoms with van der Waals surface area (Å²) in [5.41, 5.74) is -2.18. The van der Waals surface area contributed by atoms with E-state index < -0.39 is 30.0 Å². The first kappa shape index (κ1) is 19.3. The average molecular weight is 362 g/mol. The molecular weight excluding hydrogens is 341 g/mol. The van der Waals surface area contributed by atoms with Crippen molar-refractivity contribution in [2.45, 2.75) is 31.0 Å². The molecule has 0 aromatic heterocycles. The minimum atomic E-state index is -4.56. The number of methoxy groups -OCH3 is 1. The third-order valence-corrected chi connectivity index (χ3v) is 4.22. The van der Waals surface area contributed by atoms with Crippen molar-refractivity contribution in [3.8, 4) is 5.75 Å². The van der Waals surface area contributed by atoms with Crippen LogP contribution in [-0.4, -0.2) is 53.6 Å². The Bertz CT molecular complexity index is 624. The molecule has 2 rings (SSSR count). The molecule has 3 N–H and O–H groups in total. The molecule has 0 aliphatic carbocycles. The van der Waals surface area contributed by atoms with Gasteiger partial charge < -0.3 is 25.2 Å². The highest BCUT2D eigenvalue weighted by Gasteiger charge is 2.33. The molecule has 1 aliphatic heterocycles. The van der Waals surface area contributed by atoms with Gasteiger partial charge in [-0.05, 0) is 31.4 Å². The molecule has 1 heterocycles. The number of aliphatic hydroxyl groups is 2. The number of amides is 2. The van der Waals surface area contributed by atoms with Crippen molar-refractivity contribution in [2.24, 2.45) is 0 Å². The van der Waals surface area contributed by atoms with Gasteiger partial charge in [-0.2, -0.15) is 13.2 Å². The standard InChI is InChI=1S/C16H21F3N2O4/c1-25-13-8-11(16(17,18)19)7-12(9-13)20-14(23)21-5-2-3-15(24,10-22)4-6-21/h7-9,22,24H,2-6,10H2,1H3,(H,20,23)/t15-/m0/s1. The number of nitrogens with one attached hydrogen (secondary N) is 1. The Morgan fingerprint density at radius 3 is 2.64 bits per heavy atom. The van der Waals surface area contributed by atoms with Crippen LogP contribution in [0, 0.1) is 0 Å². The summed E-state index contributed by atoms with van der Waals surface area (Å²) in [6.45, 7) is 0.135. The van der Waals surface area contributed by atoms with Crippen molar-refractivity contribution < 1.29 is 32.9 Å². The molecule has 1 saturated heterocycles. The van der Waals surface area contributed by atoms with Gasteiger partial charge in [0.15, 0.2) is 0 Å². The van der Waals surface area contributed by atoms with Gasteiger partial charge in [0.2, 0.25) is 0 Å². The Kier molecular flexibility index (Phi) is 5.79. The second-order valence-electron chi connectivity index (χ2n) is 6.10. The van der Waals surface area contributed by atoms with Gasteiger partial charge in [-0.1, -0.05) is 0 Å². The summed E-state index contributed by atoms with van der Waals surface area (Å²) in [6.07, 6.45) is -3.53. The largest absolute Gasteiger partial charge is 0.497 e. The Labute approximate surface area is 143 Å². The van der Waals surface area contributed by atoms with Crippen LogP contribution in [0.25, 0.3) is 0 Å². The number of nitrogens with zero attached hydrogens (tertiary/aromatic N) is 1. The number of ether oxygens (including phenoxy) is 1. The van der Waals surface area contributed by atoms with Gasteiger partial charge in [-0.25, -0.2) is 4.79 Å². The molecular formula is C16H21F3N2O4. The normalized spacial score (nSPS) is 21.6. The number of benzene rings is 1. The van der Waals surface area contributed by atoms with E-state index in [0.29, 0.717) is 19.4 Å². The highest BCUT2D eigenvalue weighted by molar-refractivity contribution is 5.89. The zero-order chi connectivity index (χ0) is 18.7. The predicted molar refractivity (Wildman–Crippen MR) is 84.5 cm³/mol. The summed E-state index contributed by atoms with van der Waals surface area (Å²) in [6, 6.07) is 2.42. The zero-order valence-corrected chi connectivity index (χ0v) is 13.8. The maximum Gasteiger partial charge on any atom is 0.416 e. The van der Waals surface area contributed by atoms with Crippen molar-refractivity contribution in [1.82, 2.24) is 4.90 Å². The molecule has 1 fully saturated rings. The van der Waals surface area contributed by atoms with Gasteiger partial charge in [0, 0.05) is 24.8 Å². The van der Waals surface area contributed by atoms with E-state index in [0.717, 1.165) is 12.1 Å². The van der Waals surface area contributed by atoms with Crippen LogP contribution in [0.4, 0.5) is 23.7 Å². The van der Waals surface area contributed by atoms with Crippen molar-refractivity contribution in [1.29, 1.82) is 0 Å². The molecule has 1 aromatic carbocycles. The molecule has 25 heavy (non-hydrogen) atoms. The van der Waals surface area contributed by atoms with E-state index in [1.165, 1.54) is 18.1 Å². The lowest BCUT2D eigenvalue weighted by Crippen LogP contribution is -2.38. The van der Waals surface area contributed by atoms with Gasteiger partial charge in [-0.3, -0.25) is 0 Å². The molecule has 0 radical (unpaired) electrons. The molecule has 2 amide bonds. The lowest BCUT2D eigenvalue weighted by Gasteiger charge is -2.24. The number of carbonyl (C=O) groups excluding carboxylic acids is 1. The fourth-order valence-corrected chi connectivity index (χ4v) is 2.70. The second kappa shape index (κ2) is 7.49. The number of urea groups is 1. The third kappa shape index (κ3) is 4.99. The summed E-state index contributed by atoms with van der Waals surface area (Å²) in [5, 5.41) is 21.7. The van der Waals surface area contributed by atoms with E-state index in [4.69, 9.17) is 4.74 Å². The topological polar surface area (TPSA) is 82.0 Å². The molecule has 1 aromatic rings. The van der Waals surface area contributed by atoms with Crippen LogP contribution in [0.3, 0.4) is 0 Å². The summed E-state index contributed by atoms with van der Waals surface area (Å²) < 4.78 is 43.6. The van der Waals surface area contributed by atoms with Gasteiger partial charge in [0.25, 0.3) is 0 Å². The minimum absolute atomic E-state index is 0.0179. The number of hydrogen-bond acceptors (Lipinski definition) is 4. The maximum atomic E-state index is 12.9. The van der Waals surface area contributed by atoms with Crippen LogP contribution >= 0.6 is 0 Å². The molecule has 140 valence electrons. The van der Waals surface area contributed by atoms with Crippen LogP contribution in [0.2, 0.25) is 0 Å². The number of hydrogen-bond donors (Lipinski definition) is 3. The number of alkyl halides is 3. The maximum absolute atomic E-state index is 12.9. The van der Waals surface area contributed by atoms with E-state index in [1.807, 2.05) is 0 Å². The summed E-state index contributed by atoms with van der Waals surface area (Å²) >= 11 is 0. The number of rotatable bonds is 3. The minimum Gasteiger partial charge on any atom is -0.497 e. The summed E-state index contributed by atoms with van der Waals surface area (Å²) in [7, 11) is 1.24. The van der Waals surface area contributed by atoms with Crippen LogP contribution in [0.5, 0.6) is 5.75 Å². The van der Waals surface area contributed by atoms with Crippen molar-refractivity contribution in [3.05, 3.63) is 23.8 Å². The van der Waals surface area contributed by atoms with Crippen LogP contribution in [0.15, 0.2) is 18.2 Å². The van der Waals surface area contributed by atoms with Gasteiger partial charge in [-0.15, -0.1) is 0 Å². The number of likely N-dealkylation sites (tertiary alicyclic amines) is 1. The lowest BCUT2D eigenvalue weighted by atomic mass is 9.96. The number of carbonyl (C=O) groups is 1. The summed E-state index contributed by atoms with van der Waals surface area (Å²) in [5.74, 6) is -0.0179. The second-order valence-corrected chi connectivity index (χ2v) is 6.10. The fourth-order valence-electron chi connectivity index (χ4n) is 2.70. The third-order valence-electron chi connectivity index (χ3n) is 4.22. The molecule has 0 unspecified atom stereocenters. The van der Waals surface area contributed by atoms with Crippen molar-refractivity contribution in [3.63, 3.8) is 0 Å². The Morgan fingerprint density at radius 2 is 2.04 bits per heavy atom. The Balaban J connectivity index is 2.12. The lowest BCUT2D eigenvalue weighted by molar-refractivity contribution is -0.137. The van der Waals surface area contributed by atoms with E-state index in [1.54, 1.807) is 0 Å². The fraction of sp³-hybridized carbons (Fsp3) is 0.562. The highest BCUT2D eigenvalue weighted by Crippen LogP contribution is 2.34. The van der Waals surface area contributed by atoms with Gasteiger partial charge >= 0.3 is 12.2 Å². The van der Waals surface area contributed by atoms with Gasteiger partial charge in [0.05, 0.1) is 24.9 Å². The van der Waals surface area contributed by atoms with E-state index in [2.05, 4.69) is 5.32 Å². The van der Waals surface area contributed by atoms with Crippen molar-refractivity contribution in [2.75, 3.05) is 32.1 Å². The summed E-state index contributed by atoms with van der Waals surface area (Å²) in [4.78, 5) is 13.7. The van der Waals surface area contributed by atoms with E-state index in [-0.39, 0.29) is 24.4 Å². The first-order valence-electron chi connectivity index (χ1n) is 7.82. The molecule has 1 aliphatic rings. The number of halogens is 3. The first-order valence-corrected chi connectivity index (χ1v) is 7.82. The van der Waals surface area contributed by atoms with Crippen LogP contribution in [0.1, 0.15) is 24.8 Å². The molecule has 9 heteroatoms. The predicted octanol–water partition coefficient (Wildman–Crippen LogP) is 2.46. The molecule has 1 atom stereocenters. The van der Waals surface area contributed by atoms with Crippen LogP contribution < -0.4 is 10.1 Å². The Hall–Kier alpha value is -2.00. The van der Waals surface area contributed by atoms with Crippen LogP contribution in [-0.2, 0) is 6.18 Å². The van der Waals surface area contributed by atoms with Gasteiger partial charge in [0.1, 0.15) is 5.75 Å². The van der Waals surface area contributed by atoms with Crippen molar-refractivity contribution >= 4 is 11.7 Å². The first-order chi connectivity index (χ1) is 11.7.